The van der Waals surface area contributed by atoms with Gasteiger partial charge in [0.2, 0.25) is 0 Å². The molecule has 0 heterocycles. The molecule has 0 unspecified atom stereocenters. The third kappa shape index (κ3) is 3.00. The maximum atomic E-state index is 13.4. The number of rotatable bonds is 3. The molecular formula is C12H9ClF2N2O2S. The molecule has 0 fully saturated rings. The molecule has 0 aliphatic heterocycles. The van der Waals surface area contributed by atoms with Crippen molar-refractivity contribution in [2.75, 3.05) is 10.5 Å². The Bertz CT molecular complexity index is 766. The molecule has 0 aliphatic rings. The summed E-state index contributed by atoms with van der Waals surface area (Å²) in [6.07, 6.45) is 0. The monoisotopic (exact) mass is 318 g/mol. The first-order chi connectivity index (χ1) is 9.29. The second-order valence-electron chi connectivity index (χ2n) is 3.92. The molecule has 0 saturated carbocycles. The molecule has 3 N–H and O–H groups in total. The summed E-state index contributed by atoms with van der Waals surface area (Å²) in [5, 5.41) is -0.116. The van der Waals surface area contributed by atoms with Crippen LogP contribution in [0.1, 0.15) is 0 Å². The maximum absolute atomic E-state index is 13.4. The molecule has 20 heavy (non-hydrogen) atoms. The molecule has 0 saturated heterocycles. The van der Waals surface area contributed by atoms with Crippen LogP contribution in [0.3, 0.4) is 0 Å². The van der Waals surface area contributed by atoms with E-state index in [-0.39, 0.29) is 15.6 Å². The van der Waals surface area contributed by atoms with Crippen molar-refractivity contribution in [3.63, 3.8) is 0 Å². The first kappa shape index (κ1) is 14.5. The minimum Gasteiger partial charge on any atom is -0.399 e. The maximum Gasteiger partial charge on any atom is 0.263 e. The third-order valence-corrected chi connectivity index (χ3v) is 4.27. The SMILES string of the molecule is Nc1ccc(S(=O)(=O)Nc2cc(F)ccc2F)c(Cl)c1. The second kappa shape index (κ2) is 5.26. The number of hydrogen-bond donors (Lipinski definition) is 2. The zero-order valence-corrected chi connectivity index (χ0v) is 11.5. The quantitative estimate of drug-likeness (QED) is 0.854. The topological polar surface area (TPSA) is 72.2 Å². The molecule has 0 aliphatic carbocycles. The van der Waals surface area contributed by atoms with Gasteiger partial charge in [0.05, 0.1) is 10.7 Å². The number of nitrogen functional groups attached to an aromatic ring is 1. The van der Waals surface area contributed by atoms with Crippen molar-refractivity contribution in [2.45, 2.75) is 4.90 Å². The van der Waals surface area contributed by atoms with Crippen molar-refractivity contribution in [1.82, 2.24) is 0 Å². The molecule has 0 spiro atoms. The fourth-order valence-corrected chi connectivity index (χ4v) is 3.12. The van der Waals surface area contributed by atoms with E-state index in [4.69, 9.17) is 17.3 Å². The van der Waals surface area contributed by atoms with Gasteiger partial charge >= 0.3 is 0 Å². The van der Waals surface area contributed by atoms with Crippen LogP contribution in [-0.4, -0.2) is 8.42 Å². The van der Waals surface area contributed by atoms with Crippen molar-refractivity contribution in [2.24, 2.45) is 0 Å². The summed E-state index contributed by atoms with van der Waals surface area (Å²) >= 11 is 5.78. The normalized spacial score (nSPS) is 11.3. The Morgan fingerprint density at radius 3 is 2.45 bits per heavy atom. The number of anilines is 2. The fraction of sp³-hybridized carbons (Fsp3) is 0. The number of sulfonamides is 1. The molecule has 2 aromatic rings. The van der Waals surface area contributed by atoms with Gasteiger partial charge in [-0.2, -0.15) is 0 Å². The average molecular weight is 319 g/mol. The van der Waals surface area contributed by atoms with Crippen molar-refractivity contribution in [3.8, 4) is 0 Å². The van der Waals surface area contributed by atoms with E-state index in [1.165, 1.54) is 18.2 Å². The molecular weight excluding hydrogens is 310 g/mol. The highest BCUT2D eigenvalue weighted by Crippen LogP contribution is 2.26. The highest BCUT2D eigenvalue weighted by molar-refractivity contribution is 7.92. The van der Waals surface area contributed by atoms with Crippen molar-refractivity contribution >= 4 is 33.0 Å². The summed E-state index contributed by atoms with van der Waals surface area (Å²) in [7, 11) is -4.14. The van der Waals surface area contributed by atoms with Crippen LogP contribution in [0.25, 0.3) is 0 Å². The lowest BCUT2D eigenvalue weighted by atomic mass is 10.3. The lowest BCUT2D eigenvalue weighted by Crippen LogP contribution is -2.14. The van der Waals surface area contributed by atoms with Crippen molar-refractivity contribution in [3.05, 3.63) is 53.1 Å². The Labute approximate surface area is 119 Å². The fourth-order valence-electron chi connectivity index (χ4n) is 1.51. The van der Waals surface area contributed by atoms with Crippen LogP contribution in [0.4, 0.5) is 20.2 Å². The molecule has 4 nitrogen and oxygen atoms in total. The summed E-state index contributed by atoms with van der Waals surface area (Å²) in [6, 6.07) is 6.19. The van der Waals surface area contributed by atoms with E-state index in [1.54, 1.807) is 0 Å². The van der Waals surface area contributed by atoms with E-state index in [1.807, 2.05) is 4.72 Å². The van der Waals surface area contributed by atoms with E-state index in [2.05, 4.69) is 0 Å². The Morgan fingerprint density at radius 2 is 1.80 bits per heavy atom. The van der Waals surface area contributed by atoms with Gasteiger partial charge in [0.1, 0.15) is 16.5 Å². The minimum absolute atomic E-state index is 0.116. The summed E-state index contributed by atoms with van der Waals surface area (Å²) in [4.78, 5) is -0.281. The summed E-state index contributed by atoms with van der Waals surface area (Å²) in [6.45, 7) is 0. The van der Waals surface area contributed by atoms with Gasteiger partial charge in [-0.05, 0) is 30.3 Å². The molecule has 8 heteroatoms. The van der Waals surface area contributed by atoms with Gasteiger partial charge in [-0.15, -0.1) is 0 Å². The highest BCUT2D eigenvalue weighted by atomic mass is 35.5. The Balaban J connectivity index is 2.43. The Kier molecular flexibility index (Phi) is 3.82. The van der Waals surface area contributed by atoms with Gasteiger partial charge in [0, 0.05) is 11.8 Å². The lowest BCUT2D eigenvalue weighted by Gasteiger charge is -2.10. The smallest absolute Gasteiger partial charge is 0.263 e. The van der Waals surface area contributed by atoms with Gasteiger partial charge < -0.3 is 5.73 Å². The number of benzene rings is 2. The van der Waals surface area contributed by atoms with E-state index in [0.717, 1.165) is 18.2 Å². The Hall–Kier alpha value is -1.86. The summed E-state index contributed by atoms with van der Waals surface area (Å²) in [5.74, 6) is -1.67. The van der Waals surface area contributed by atoms with E-state index in [9.17, 15) is 17.2 Å². The molecule has 0 amide bonds. The third-order valence-electron chi connectivity index (χ3n) is 2.42. The zero-order chi connectivity index (χ0) is 14.9. The molecule has 0 aromatic heterocycles. The number of nitrogens with one attached hydrogen (secondary N) is 1. The standard InChI is InChI=1S/C12H9ClF2N2O2S/c13-9-6-8(16)2-4-12(9)20(18,19)17-11-5-7(14)1-3-10(11)15/h1-6,17H,16H2. The van der Waals surface area contributed by atoms with Crippen LogP contribution in [0.5, 0.6) is 0 Å². The molecule has 0 atom stereocenters. The van der Waals surface area contributed by atoms with Crippen LogP contribution in [0, 0.1) is 11.6 Å². The van der Waals surface area contributed by atoms with Gasteiger partial charge in [-0.1, -0.05) is 11.6 Å². The van der Waals surface area contributed by atoms with Crippen LogP contribution in [0.15, 0.2) is 41.3 Å². The number of hydrogen-bond acceptors (Lipinski definition) is 3. The molecule has 2 aromatic carbocycles. The molecule has 106 valence electrons. The summed E-state index contributed by atoms with van der Waals surface area (Å²) in [5.41, 5.74) is 5.24. The molecule has 0 bridgehead atoms. The average Bonchev–Trinajstić information content (AvgIpc) is 2.33. The lowest BCUT2D eigenvalue weighted by molar-refractivity contribution is 0.594. The first-order valence-corrected chi connectivity index (χ1v) is 7.18. The van der Waals surface area contributed by atoms with Crippen LogP contribution in [0.2, 0.25) is 5.02 Å². The second-order valence-corrected chi connectivity index (χ2v) is 5.98. The Morgan fingerprint density at radius 1 is 1.10 bits per heavy atom. The first-order valence-electron chi connectivity index (χ1n) is 5.32. The van der Waals surface area contributed by atoms with E-state index < -0.39 is 27.3 Å². The summed E-state index contributed by atoms with van der Waals surface area (Å²) < 4.78 is 52.5. The van der Waals surface area contributed by atoms with E-state index in [0.29, 0.717) is 0 Å². The largest absolute Gasteiger partial charge is 0.399 e. The predicted molar refractivity (Wildman–Crippen MR) is 73.0 cm³/mol. The molecule has 0 radical (unpaired) electrons. The van der Waals surface area contributed by atoms with Crippen LogP contribution >= 0.6 is 11.6 Å². The number of nitrogens with two attached hydrogens (primary N) is 1. The minimum atomic E-state index is -4.14. The van der Waals surface area contributed by atoms with Crippen molar-refractivity contribution < 1.29 is 17.2 Å². The predicted octanol–water partition coefficient (Wildman–Crippen LogP) is 3.00. The van der Waals surface area contributed by atoms with Crippen molar-refractivity contribution in [1.29, 1.82) is 0 Å². The molecule has 2 rings (SSSR count). The van der Waals surface area contributed by atoms with Crippen LogP contribution in [-0.2, 0) is 10.0 Å². The van der Waals surface area contributed by atoms with Crippen LogP contribution < -0.4 is 10.5 Å². The highest BCUT2D eigenvalue weighted by Gasteiger charge is 2.20. The van der Waals surface area contributed by atoms with Gasteiger partial charge in [0.15, 0.2) is 0 Å². The van der Waals surface area contributed by atoms with E-state index >= 15 is 0 Å². The zero-order valence-electron chi connectivity index (χ0n) is 9.90. The van der Waals surface area contributed by atoms with Gasteiger partial charge in [-0.3, -0.25) is 4.72 Å². The van der Waals surface area contributed by atoms with Gasteiger partial charge in [0.25, 0.3) is 10.0 Å². The number of halogens is 3. The van der Waals surface area contributed by atoms with Gasteiger partial charge in [-0.25, -0.2) is 17.2 Å².